The molecule has 0 unspecified atom stereocenters. The van der Waals surface area contributed by atoms with E-state index in [2.05, 4.69) is 34.4 Å². The number of anilines is 4. The zero-order valence-corrected chi connectivity index (χ0v) is 17.6. The van der Waals surface area contributed by atoms with Gasteiger partial charge < -0.3 is 15.4 Å². The highest BCUT2D eigenvalue weighted by atomic mass is 19.4. The average Bonchev–Trinajstić information content (AvgIpc) is 2.70. The van der Waals surface area contributed by atoms with Crippen LogP contribution in [0.5, 0.6) is 5.75 Å². The van der Waals surface area contributed by atoms with Gasteiger partial charge in [-0.3, -0.25) is 0 Å². The first-order valence-corrected chi connectivity index (χ1v) is 10.0. The summed E-state index contributed by atoms with van der Waals surface area (Å²) in [6, 6.07) is 14.3. The van der Waals surface area contributed by atoms with Crippen LogP contribution in [0.1, 0.15) is 31.9 Å². The molecule has 0 spiro atoms. The quantitative estimate of drug-likeness (QED) is 0.423. The number of benzene rings is 2. The van der Waals surface area contributed by atoms with E-state index in [0.717, 1.165) is 18.2 Å². The normalized spacial score (nSPS) is 11.5. The van der Waals surface area contributed by atoms with Crippen LogP contribution in [0.3, 0.4) is 0 Å². The van der Waals surface area contributed by atoms with Crippen molar-refractivity contribution in [2.24, 2.45) is 5.92 Å². The Kier molecular flexibility index (Phi) is 6.99. The second-order valence-electron chi connectivity index (χ2n) is 7.42. The lowest BCUT2D eigenvalue weighted by atomic mass is 10.0. The van der Waals surface area contributed by atoms with Crippen molar-refractivity contribution >= 4 is 23.1 Å². The molecule has 0 atom stereocenters. The lowest BCUT2D eigenvalue weighted by molar-refractivity contribution is -0.137. The number of hydrogen-bond acceptors (Lipinski definition) is 5. The van der Waals surface area contributed by atoms with Gasteiger partial charge in [0.1, 0.15) is 17.1 Å². The smallest absolute Gasteiger partial charge is 0.421 e. The van der Waals surface area contributed by atoms with E-state index in [1.165, 1.54) is 0 Å². The molecule has 2 N–H and O–H groups in total. The highest BCUT2D eigenvalue weighted by Gasteiger charge is 2.35. The van der Waals surface area contributed by atoms with E-state index in [4.69, 9.17) is 4.74 Å². The number of aromatic nitrogens is 2. The fraction of sp³-hybridized carbons (Fsp3) is 0.304. The molecule has 3 aromatic rings. The molecule has 1 aromatic heterocycles. The molecule has 2 aromatic carbocycles. The average molecular weight is 430 g/mol. The minimum absolute atomic E-state index is 0.0565. The highest BCUT2D eigenvalue weighted by molar-refractivity contribution is 5.65. The van der Waals surface area contributed by atoms with Crippen LogP contribution in [-0.2, 0) is 12.6 Å². The van der Waals surface area contributed by atoms with Crippen LogP contribution in [-0.4, -0.2) is 16.6 Å². The largest absolute Gasteiger partial charge is 0.494 e. The van der Waals surface area contributed by atoms with Crippen molar-refractivity contribution in [1.29, 1.82) is 0 Å². The molecule has 0 saturated heterocycles. The summed E-state index contributed by atoms with van der Waals surface area (Å²) in [7, 11) is 0. The van der Waals surface area contributed by atoms with E-state index in [-0.39, 0.29) is 11.8 Å². The number of alkyl halides is 3. The minimum atomic E-state index is -4.59. The molecule has 8 heteroatoms. The summed E-state index contributed by atoms with van der Waals surface area (Å²) in [5, 5.41) is 5.81. The zero-order chi connectivity index (χ0) is 22.4. The Morgan fingerprint density at radius 2 is 1.71 bits per heavy atom. The van der Waals surface area contributed by atoms with Crippen LogP contribution in [0.2, 0.25) is 0 Å². The molecule has 31 heavy (non-hydrogen) atoms. The van der Waals surface area contributed by atoms with Gasteiger partial charge >= 0.3 is 6.18 Å². The van der Waals surface area contributed by atoms with Crippen LogP contribution in [0.25, 0.3) is 0 Å². The summed E-state index contributed by atoms with van der Waals surface area (Å²) < 4.78 is 46.1. The molecule has 164 valence electrons. The lowest BCUT2D eigenvalue weighted by Gasteiger charge is -2.17. The van der Waals surface area contributed by atoms with Crippen LogP contribution in [0, 0.1) is 5.92 Å². The Bertz CT molecular complexity index is 1000. The molecule has 0 radical (unpaired) electrons. The SMILES string of the molecule is CCOc1ccc(Nc2ncc(C(F)(F)F)c(Nc3ccccc3CC(C)C)n2)cc1. The van der Waals surface area contributed by atoms with Gasteiger partial charge in [0, 0.05) is 17.6 Å². The Balaban J connectivity index is 1.91. The molecular weight excluding hydrogens is 405 g/mol. The minimum Gasteiger partial charge on any atom is -0.494 e. The van der Waals surface area contributed by atoms with Gasteiger partial charge in [-0.15, -0.1) is 0 Å². The first-order valence-electron chi connectivity index (χ1n) is 10.0. The Morgan fingerprint density at radius 3 is 2.35 bits per heavy atom. The van der Waals surface area contributed by atoms with Crippen LogP contribution in [0.4, 0.5) is 36.3 Å². The maximum Gasteiger partial charge on any atom is 0.421 e. The monoisotopic (exact) mass is 430 g/mol. The van der Waals surface area contributed by atoms with Crippen molar-refractivity contribution in [3.63, 3.8) is 0 Å². The maximum absolute atomic E-state index is 13.6. The third-order valence-electron chi connectivity index (χ3n) is 4.41. The van der Waals surface area contributed by atoms with E-state index >= 15 is 0 Å². The fourth-order valence-electron chi connectivity index (χ4n) is 3.06. The number of para-hydroxylation sites is 1. The lowest BCUT2D eigenvalue weighted by Crippen LogP contribution is -2.13. The van der Waals surface area contributed by atoms with Gasteiger partial charge in [0.15, 0.2) is 0 Å². The van der Waals surface area contributed by atoms with Crippen molar-refractivity contribution in [2.45, 2.75) is 33.4 Å². The molecule has 0 bridgehead atoms. The van der Waals surface area contributed by atoms with E-state index in [0.29, 0.717) is 29.6 Å². The van der Waals surface area contributed by atoms with Gasteiger partial charge in [-0.05, 0) is 55.2 Å². The fourth-order valence-corrected chi connectivity index (χ4v) is 3.06. The van der Waals surface area contributed by atoms with Gasteiger partial charge in [-0.2, -0.15) is 18.2 Å². The molecule has 5 nitrogen and oxygen atoms in total. The number of rotatable bonds is 8. The molecule has 3 rings (SSSR count). The third kappa shape index (κ3) is 6.10. The summed E-state index contributed by atoms with van der Waals surface area (Å²) in [6.45, 7) is 6.54. The Labute approximate surface area is 179 Å². The molecule has 0 amide bonds. The van der Waals surface area contributed by atoms with E-state index in [1.54, 1.807) is 36.4 Å². The van der Waals surface area contributed by atoms with E-state index in [9.17, 15) is 13.2 Å². The maximum atomic E-state index is 13.6. The summed E-state index contributed by atoms with van der Waals surface area (Å²) in [5.41, 5.74) is 1.22. The summed E-state index contributed by atoms with van der Waals surface area (Å²) in [6.07, 6.45) is -3.07. The first kappa shape index (κ1) is 22.4. The van der Waals surface area contributed by atoms with E-state index < -0.39 is 11.7 Å². The Morgan fingerprint density at radius 1 is 1.00 bits per heavy atom. The van der Waals surface area contributed by atoms with Crippen LogP contribution < -0.4 is 15.4 Å². The van der Waals surface area contributed by atoms with Crippen molar-refractivity contribution in [2.75, 3.05) is 17.2 Å². The highest BCUT2D eigenvalue weighted by Crippen LogP contribution is 2.36. The molecule has 0 aliphatic heterocycles. The van der Waals surface area contributed by atoms with Crippen molar-refractivity contribution in [3.8, 4) is 5.75 Å². The topological polar surface area (TPSA) is 59.1 Å². The number of nitrogens with one attached hydrogen (secondary N) is 2. The molecule has 0 fully saturated rings. The zero-order valence-electron chi connectivity index (χ0n) is 17.6. The number of ether oxygens (including phenoxy) is 1. The number of nitrogens with zero attached hydrogens (tertiary/aromatic N) is 2. The summed E-state index contributed by atoms with van der Waals surface area (Å²) in [5.74, 6) is 0.811. The molecular formula is C23H25F3N4O. The standard InChI is InChI=1S/C23H25F3N4O/c1-4-31-18-11-9-17(10-12-18)28-22-27-14-19(23(24,25)26)21(30-22)29-20-8-6-5-7-16(20)13-15(2)3/h5-12,14-15H,4,13H2,1-3H3,(H2,27,28,29,30). The van der Waals surface area contributed by atoms with Crippen molar-refractivity contribution < 1.29 is 17.9 Å². The van der Waals surface area contributed by atoms with Crippen molar-refractivity contribution in [3.05, 3.63) is 65.9 Å². The summed E-state index contributed by atoms with van der Waals surface area (Å²) >= 11 is 0. The van der Waals surface area contributed by atoms with Crippen LogP contribution >= 0.6 is 0 Å². The van der Waals surface area contributed by atoms with Crippen LogP contribution in [0.15, 0.2) is 54.7 Å². The van der Waals surface area contributed by atoms with Crippen molar-refractivity contribution in [1.82, 2.24) is 9.97 Å². The molecule has 0 saturated carbocycles. The second-order valence-corrected chi connectivity index (χ2v) is 7.42. The second kappa shape index (κ2) is 9.68. The summed E-state index contributed by atoms with van der Waals surface area (Å²) in [4.78, 5) is 7.98. The molecule has 0 aliphatic carbocycles. The molecule has 0 aliphatic rings. The van der Waals surface area contributed by atoms with E-state index in [1.807, 2.05) is 19.1 Å². The van der Waals surface area contributed by atoms with Gasteiger partial charge in [0.25, 0.3) is 0 Å². The predicted molar refractivity (Wildman–Crippen MR) is 116 cm³/mol. The van der Waals surface area contributed by atoms with Gasteiger partial charge in [-0.1, -0.05) is 32.0 Å². The first-order chi connectivity index (χ1) is 14.8. The van der Waals surface area contributed by atoms with Gasteiger partial charge in [0.05, 0.1) is 6.61 Å². The Hall–Kier alpha value is -3.29. The van der Waals surface area contributed by atoms with Gasteiger partial charge in [-0.25, -0.2) is 4.98 Å². The molecule has 1 heterocycles. The van der Waals surface area contributed by atoms with Gasteiger partial charge in [0.2, 0.25) is 5.95 Å². The number of halogens is 3. The third-order valence-corrected chi connectivity index (χ3v) is 4.41. The number of hydrogen-bond donors (Lipinski definition) is 2. The predicted octanol–water partition coefficient (Wildman–Crippen LogP) is 6.58.